The summed E-state index contributed by atoms with van der Waals surface area (Å²) >= 11 is 0. The van der Waals surface area contributed by atoms with Crippen LogP contribution in [0.3, 0.4) is 0 Å². The van der Waals surface area contributed by atoms with Crippen LogP contribution in [-0.2, 0) is 6.42 Å². The Balaban J connectivity index is 2.06. The van der Waals surface area contributed by atoms with Crippen LogP contribution in [0.5, 0.6) is 0 Å². The summed E-state index contributed by atoms with van der Waals surface area (Å²) in [6.45, 7) is 7.28. The maximum absolute atomic E-state index is 3.55. The summed E-state index contributed by atoms with van der Waals surface area (Å²) in [7, 11) is 2.10. The second-order valence-electron chi connectivity index (χ2n) is 6.23. The molecule has 0 radical (unpaired) electrons. The number of rotatable bonds is 5. The van der Waals surface area contributed by atoms with Crippen LogP contribution in [0, 0.1) is 0 Å². The molecule has 1 aliphatic rings. The molecule has 1 saturated heterocycles. The van der Waals surface area contributed by atoms with Gasteiger partial charge in [-0.3, -0.25) is 4.90 Å². The lowest BCUT2D eigenvalue weighted by Crippen LogP contribution is -2.59. The predicted octanol–water partition coefficient (Wildman–Crippen LogP) is 3.08. The van der Waals surface area contributed by atoms with E-state index in [1.807, 2.05) is 0 Å². The maximum Gasteiger partial charge on any atom is 0.0309 e. The van der Waals surface area contributed by atoms with E-state index in [1.165, 1.54) is 37.9 Å². The molecule has 1 unspecified atom stereocenters. The zero-order valence-corrected chi connectivity index (χ0v) is 12.7. The van der Waals surface area contributed by atoms with Crippen LogP contribution in [-0.4, -0.2) is 36.6 Å². The fourth-order valence-corrected chi connectivity index (χ4v) is 3.25. The van der Waals surface area contributed by atoms with E-state index in [9.17, 15) is 0 Å². The minimum absolute atomic E-state index is 0.213. The van der Waals surface area contributed by atoms with Crippen LogP contribution in [0.2, 0.25) is 0 Å². The first-order valence-corrected chi connectivity index (χ1v) is 7.61. The first-order valence-electron chi connectivity index (χ1n) is 7.61. The molecule has 2 rings (SSSR count). The first-order chi connectivity index (χ1) is 9.14. The molecule has 0 aromatic heterocycles. The van der Waals surface area contributed by atoms with Gasteiger partial charge in [-0.1, -0.05) is 36.8 Å². The SMILES string of the molecule is CNC(Cc1ccccc1)C(C)(C)N1CCCCC1. The number of nitrogens with one attached hydrogen (secondary N) is 1. The van der Waals surface area contributed by atoms with Gasteiger partial charge in [0.25, 0.3) is 0 Å². The summed E-state index contributed by atoms with van der Waals surface area (Å²) in [5.41, 5.74) is 1.64. The Kier molecular flexibility index (Phi) is 5.00. The minimum Gasteiger partial charge on any atom is -0.315 e. The zero-order chi connectivity index (χ0) is 13.7. The van der Waals surface area contributed by atoms with Gasteiger partial charge < -0.3 is 5.32 Å². The molecule has 0 amide bonds. The third kappa shape index (κ3) is 3.58. The van der Waals surface area contributed by atoms with E-state index in [1.54, 1.807) is 0 Å². The average Bonchev–Trinajstić information content (AvgIpc) is 2.46. The molecule has 1 heterocycles. The number of likely N-dealkylation sites (N-methyl/N-ethyl adjacent to an activating group) is 1. The van der Waals surface area contributed by atoms with Crippen LogP contribution in [0.1, 0.15) is 38.7 Å². The molecule has 19 heavy (non-hydrogen) atoms. The van der Waals surface area contributed by atoms with Gasteiger partial charge in [0, 0.05) is 11.6 Å². The quantitative estimate of drug-likeness (QED) is 0.875. The molecule has 2 heteroatoms. The van der Waals surface area contributed by atoms with Crippen LogP contribution >= 0.6 is 0 Å². The lowest BCUT2D eigenvalue weighted by molar-refractivity contribution is 0.0635. The Labute approximate surface area is 118 Å². The maximum atomic E-state index is 3.55. The van der Waals surface area contributed by atoms with Gasteiger partial charge in [-0.15, -0.1) is 0 Å². The van der Waals surface area contributed by atoms with E-state index in [-0.39, 0.29) is 5.54 Å². The van der Waals surface area contributed by atoms with Gasteiger partial charge in [-0.05, 0) is 58.8 Å². The van der Waals surface area contributed by atoms with Crippen LogP contribution < -0.4 is 5.32 Å². The second kappa shape index (κ2) is 6.53. The molecule has 1 fully saturated rings. The molecule has 0 bridgehead atoms. The second-order valence-corrected chi connectivity index (χ2v) is 6.23. The van der Waals surface area contributed by atoms with Crippen molar-refractivity contribution in [3.8, 4) is 0 Å². The number of hydrogen-bond acceptors (Lipinski definition) is 2. The fourth-order valence-electron chi connectivity index (χ4n) is 3.25. The molecule has 0 saturated carbocycles. The Hall–Kier alpha value is -0.860. The van der Waals surface area contributed by atoms with Crippen LogP contribution in [0.15, 0.2) is 30.3 Å². The van der Waals surface area contributed by atoms with Crippen molar-refractivity contribution in [2.24, 2.45) is 0 Å². The normalized spacial score (nSPS) is 19.3. The monoisotopic (exact) mass is 260 g/mol. The Bertz CT molecular complexity index is 366. The number of nitrogens with zero attached hydrogens (tertiary/aromatic N) is 1. The molecule has 106 valence electrons. The standard InChI is InChI=1S/C17H28N2/c1-17(2,19-12-8-5-9-13-19)16(18-3)14-15-10-6-4-7-11-15/h4,6-7,10-11,16,18H,5,8-9,12-14H2,1-3H3. The van der Waals surface area contributed by atoms with Gasteiger partial charge in [-0.25, -0.2) is 0 Å². The van der Waals surface area contributed by atoms with E-state index < -0.39 is 0 Å². The molecule has 1 N–H and O–H groups in total. The van der Waals surface area contributed by atoms with E-state index in [0.717, 1.165) is 6.42 Å². The average molecular weight is 260 g/mol. The van der Waals surface area contributed by atoms with Crippen molar-refractivity contribution < 1.29 is 0 Å². The van der Waals surface area contributed by atoms with Crippen molar-refractivity contribution in [3.63, 3.8) is 0 Å². The van der Waals surface area contributed by atoms with Crippen molar-refractivity contribution in [3.05, 3.63) is 35.9 Å². The van der Waals surface area contributed by atoms with Crippen LogP contribution in [0.25, 0.3) is 0 Å². The zero-order valence-electron chi connectivity index (χ0n) is 12.7. The highest BCUT2D eigenvalue weighted by Crippen LogP contribution is 2.25. The molecule has 1 aliphatic heterocycles. The Morgan fingerprint density at radius 2 is 1.74 bits per heavy atom. The summed E-state index contributed by atoms with van der Waals surface area (Å²) in [5, 5.41) is 3.55. The number of piperidine rings is 1. The highest BCUT2D eigenvalue weighted by Gasteiger charge is 2.34. The predicted molar refractivity (Wildman–Crippen MR) is 82.5 cm³/mol. The van der Waals surface area contributed by atoms with Gasteiger partial charge in [0.2, 0.25) is 0 Å². The fraction of sp³-hybridized carbons (Fsp3) is 0.647. The summed E-state index contributed by atoms with van der Waals surface area (Å²) in [6, 6.07) is 11.3. The third-order valence-electron chi connectivity index (χ3n) is 4.65. The molecule has 0 aliphatic carbocycles. The molecule has 1 atom stereocenters. The van der Waals surface area contributed by atoms with Crippen molar-refractivity contribution in [2.45, 2.75) is 51.1 Å². The molecular formula is C17H28N2. The number of hydrogen-bond donors (Lipinski definition) is 1. The topological polar surface area (TPSA) is 15.3 Å². The van der Waals surface area contributed by atoms with Crippen LogP contribution in [0.4, 0.5) is 0 Å². The number of likely N-dealkylation sites (tertiary alicyclic amines) is 1. The summed E-state index contributed by atoms with van der Waals surface area (Å²) < 4.78 is 0. The molecular weight excluding hydrogens is 232 g/mol. The smallest absolute Gasteiger partial charge is 0.0309 e. The van der Waals surface area contributed by atoms with Gasteiger partial charge in [-0.2, -0.15) is 0 Å². The van der Waals surface area contributed by atoms with Crippen molar-refractivity contribution in [1.29, 1.82) is 0 Å². The van der Waals surface area contributed by atoms with Gasteiger partial charge in [0.05, 0.1) is 0 Å². The minimum atomic E-state index is 0.213. The molecule has 1 aromatic carbocycles. The highest BCUT2D eigenvalue weighted by molar-refractivity contribution is 5.17. The highest BCUT2D eigenvalue weighted by atomic mass is 15.2. The van der Waals surface area contributed by atoms with Crippen molar-refractivity contribution in [2.75, 3.05) is 20.1 Å². The third-order valence-corrected chi connectivity index (χ3v) is 4.65. The van der Waals surface area contributed by atoms with E-state index in [4.69, 9.17) is 0 Å². The van der Waals surface area contributed by atoms with Crippen molar-refractivity contribution in [1.82, 2.24) is 10.2 Å². The van der Waals surface area contributed by atoms with E-state index in [0.29, 0.717) is 6.04 Å². The molecule has 0 spiro atoms. The summed E-state index contributed by atoms with van der Waals surface area (Å²) in [5.74, 6) is 0. The lowest BCUT2D eigenvalue weighted by Gasteiger charge is -2.46. The van der Waals surface area contributed by atoms with Crippen molar-refractivity contribution >= 4 is 0 Å². The largest absolute Gasteiger partial charge is 0.315 e. The van der Waals surface area contributed by atoms with Gasteiger partial charge >= 0.3 is 0 Å². The lowest BCUT2D eigenvalue weighted by atomic mass is 9.86. The van der Waals surface area contributed by atoms with Gasteiger partial charge in [0.1, 0.15) is 0 Å². The Morgan fingerprint density at radius 1 is 1.11 bits per heavy atom. The Morgan fingerprint density at radius 3 is 2.32 bits per heavy atom. The molecule has 2 nitrogen and oxygen atoms in total. The summed E-state index contributed by atoms with van der Waals surface area (Å²) in [4.78, 5) is 2.67. The van der Waals surface area contributed by atoms with E-state index >= 15 is 0 Å². The van der Waals surface area contributed by atoms with E-state index in [2.05, 4.69) is 61.4 Å². The molecule has 1 aromatic rings. The summed E-state index contributed by atoms with van der Waals surface area (Å²) in [6.07, 6.45) is 5.20. The number of benzene rings is 1. The van der Waals surface area contributed by atoms with Gasteiger partial charge in [0.15, 0.2) is 0 Å². The first kappa shape index (κ1) is 14.5.